The lowest BCUT2D eigenvalue weighted by atomic mass is 10.2. The molecule has 0 saturated heterocycles. The zero-order chi connectivity index (χ0) is 13.1. The zero-order valence-electron chi connectivity index (χ0n) is 11.3. The third-order valence-electron chi connectivity index (χ3n) is 3.05. The number of hydrogen-bond acceptors (Lipinski definition) is 5. The van der Waals surface area contributed by atoms with Crippen molar-refractivity contribution < 1.29 is 4.52 Å². The maximum Gasteiger partial charge on any atom is 0.227 e. The van der Waals surface area contributed by atoms with Crippen LogP contribution in [0.1, 0.15) is 28.7 Å². The molecule has 0 aliphatic heterocycles. The molecule has 0 aliphatic carbocycles. The lowest BCUT2D eigenvalue weighted by molar-refractivity contribution is 0.372. The van der Waals surface area contributed by atoms with Crippen LogP contribution in [-0.2, 0) is 20.0 Å². The predicted molar refractivity (Wildman–Crippen MR) is 67.1 cm³/mol. The molecule has 2 aromatic heterocycles. The molecule has 0 saturated carbocycles. The van der Waals surface area contributed by atoms with E-state index in [4.69, 9.17) is 4.52 Å². The second-order valence-electron chi connectivity index (χ2n) is 4.44. The van der Waals surface area contributed by atoms with Gasteiger partial charge in [-0.2, -0.15) is 10.1 Å². The van der Waals surface area contributed by atoms with Gasteiger partial charge in [-0.15, -0.1) is 0 Å². The SMILES string of the molecule is Cc1noc(CCNCc2c(C)nn(C)c2C)n1. The lowest BCUT2D eigenvalue weighted by Crippen LogP contribution is -2.17. The quantitative estimate of drug-likeness (QED) is 0.802. The van der Waals surface area contributed by atoms with E-state index in [2.05, 4.69) is 27.5 Å². The first-order chi connectivity index (χ1) is 8.58. The molecule has 98 valence electrons. The van der Waals surface area contributed by atoms with E-state index >= 15 is 0 Å². The molecule has 0 spiro atoms. The van der Waals surface area contributed by atoms with Gasteiger partial charge in [-0.3, -0.25) is 4.68 Å². The minimum absolute atomic E-state index is 0.680. The summed E-state index contributed by atoms with van der Waals surface area (Å²) in [6.07, 6.45) is 0.749. The van der Waals surface area contributed by atoms with E-state index in [0.717, 1.165) is 25.2 Å². The highest BCUT2D eigenvalue weighted by Crippen LogP contribution is 2.11. The van der Waals surface area contributed by atoms with Gasteiger partial charge in [0.2, 0.25) is 5.89 Å². The van der Waals surface area contributed by atoms with Crippen LogP contribution in [-0.4, -0.2) is 26.5 Å². The molecule has 0 radical (unpaired) electrons. The van der Waals surface area contributed by atoms with E-state index in [-0.39, 0.29) is 0 Å². The number of nitrogens with one attached hydrogen (secondary N) is 1. The van der Waals surface area contributed by atoms with Crippen LogP contribution in [0, 0.1) is 20.8 Å². The van der Waals surface area contributed by atoms with Crippen molar-refractivity contribution in [2.45, 2.75) is 33.7 Å². The Labute approximate surface area is 106 Å². The Kier molecular flexibility index (Phi) is 3.76. The molecule has 2 heterocycles. The third kappa shape index (κ3) is 2.76. The van der Waals surface area contributed by atoms with Crippen LogP contribution >= 0.6 is 0 Å². The predicted octanol–water partition coefficient (Wildman–Crippen LogP) is 1.06. The molecule has 18 heavy (non-hydrogen) atoms. The van der Waals surface area contributed by atoms with Gasteiger partial charge >= 0.3 is 0 Å². The minimum atomic E-state index is 0.680. The molecule has 0 atom stereocenters. The zero-order valence-corrected chi connectivity index (χ0v) is 11.3. The smallest absolute Gasteiger partial charge is 0.227 e. The summed E-state index contributed by atoms with van der Waals surface area (Å²) in [5.74, 6) is 1.36. The van der Waals surface area contributed by atoms with Crippen LogP contribution in [0.4, 0.5) is 0 Å². The van der Waals surface area contributed by atoms with Crippen molar-refractivity contribution in [1.82, 2.24) is 25.2 Å². The van der Waals surface area contributed by atoms with Crippen LogP contribution in [0.5, 0.6) is 0 Å². The van der Waals surface area contributed by atoms with Gasteiger partial charge in [0.25, 0.3) is 0 Å². The van der Waals surface area contributed by atoms with Crippen molar-refractivity contribution in [3.63, 3.8) is 0 Å². The fourth-order valence-electron chi connectivity index (χ4n) is 1.92. The summed E-state index contributed by atoms with van der Waals surface area (Å²) in [6.45, 7) is 7.57. The van der Waals surface area contributed by atoms with Crippen LogP contribution < -0.4 is 5.32 Å². The van der Waals surface area contributed by atoms with Crippen LogP contribution in [0.25, 0.3) is 0 Å². The normalized spacial score (nSPS) is 11.1. The van der Waals surface area contributed by atoms with E-state index in [1.165, 1.54) is 11.3 Å². The van der Waals surface area contributed by atoms with Gasteiger partial charge in [-0.05, 0) is 20.8 Å². The maximum absolute atomic E-state index is 5.05. The van der Waals surface area contributed by atoms with E-state index in [9.17, 15) is 0 Å². The molecule has 6 heteroatoms. The van der Waals surface area contributed by atoms with E-state index in [1.807, 2.05) is 25.6 Å². The molecular formula is C12H19N5O. The highest BCUT2D eigenvalue weighted by atomic mass is 16.5. The summed E-state index contributed by atoms with van der Waals surface area (Å²) >= 11 is 0. The molecule has 0 unspecified atom stereocenters. The van der Waals surface area contributed by atoms with Gasteiger partial charge in [0.1, 0.15) is 0 Å². The van der Waals surface area contributed by atoms with Crippen molar-refractivity contribution >= 4 is 0 Å². The molecule has 1 N–H and O–H groups in total. The monoisotopic (exact) mass is 249 g/mol. The van der Waals surface area contributed by atoms with Gasteiger partial charge in [-0.1, -0.05) is 5.16 Å². The number of aromatic nitrogens is 4. The summed E-state index contributed by atoms with van der Waals surface area (Å²) in [5, 5.41) is 11.5. The first-order valence-electron chi connectivity index (χ1n) is 6.07. The Morgan fingerprint density at radius 3 is 2.61 bits per heavy atom. The number of hydrogen-bond donors (Lipinski definition) is 1. The van der Waals surface area contributed by atoms with Crippen LogP contribution in [0.3, 0.4) is 0 Å². The van der Waals surface area contributed by atoms with Crippen molar-refractivity contribution in [2.24, 2.45) is 7.05 Å². The number of aryl methyl sites for hydroxylation is 3. The Bertz CT molecular complexity index is 529. The summed E-state index contributed by atoms with van der Waals surface area (Å²) in [4.78, 5) is 4.16. The van der Waals surface area contributed by atoms with Crippen molar-refractivity contribution in [3.8, 4) is 0 Å². The summed E-state index contributed by atoms with van der Waals surface area (Å²) in [5.41, 5.74) is 3.55. The van der Waals surface area contributed by atoms with Crippen molar-refractivity contribution in [2.75, 3.05) is 6.54 Å². The Hall–Kier alpha value is -1.69. The summed E-state index contributed by atoms with van der Waals surface area (Å²) in [6, 6.07) is 0. The van der Waals surface area contributed by atoms with Gasteiger partial charge in [-0.25, -0.2) is 0 Å². The van der Waals surface area contributed by atoms with E-state index < -0.39 is 0 Å². The molecule has 0 fully saturated rings. The molecule has 2 aromatic rings. The van der Waals surface area contributed by atoms with Crippen molar-refractivity contribution in [1.29, 1.82) is 0 Å². The molecule has 2 rings (SSSR count). The molecule has 0 aromatic carbocycles. The number of rotatable bonds is 5. The standard InChI is InChI=1S/C12H19N5O/c1-8-11(9(2)17(4)15-8)7-13-6-5-12-14-10(3)16-18-12/h13H,5-7H2,1-4H3. The fourth-order valence-corrected chi connectivity index (χ4v) is 1.92. The summed E-state index contributed by atoms with van der Waals surface area (Å²) < 4.78 is 6.96. The largest absolute Gasteiger partial charge is 0.339 e. The second kappa shape index (κ2) is 5.30. The first kappa shape index (κ1) is 12.8. The molecule has 0 bridgehead atoms. The van der Waals surface area contributed by atoms with Gasteiger partial charge < -0.3 is 9.84 Å². The van der Waals surface area contributed by atoms with Crippen LogP contribution in [0.2, 0.25) is 0 Å². The molecule has 0 aliphatic rings. The molecule has 0 amide bonds. The van der Waals surface area contributed by atoms with Gasteiger partial charge in [0.15, 0.2) is 5.82 Å². The highest BCUT2D eigenvalue weighted by Gasteiger charge is 2.08. The fraction of sp³-hybridized carbons (Fsp3) is 0.583. The van der Waals surface area contributed by atoms with Gasteiger partial charge in [0.05, 0.1) is 5.69 Å². The Balaban J connectivity index is 1.82. The highest BCUT2D eigenvalue weighted by molar-refractivity contribution is 5.23. The second-order valence-corrected chi connectivity index (χ2v) is 4.44. The van der Waals surface area contributed by atoms with E-state index in [1.54, 1.807) is 0 Å². The van der Waals surface area contributed by atoms with Gasteiger partial charge in [0, 0.05) is 37.8 Å². The topological polar surface area (TPSA) is 68.8 Å². The first-order valence-corrected chi connectivity index (χ1v) is 6.07. The van der Waals surface area contributed by atoms with Crippen molar-refractivity contribution in [3.05, 3.63) is 28.7 Å². The summed E-state index contributed by atoms with van der Waals surface area (Å²) in [7, 11) is 1.97. The Morgan fingerprint density at radius 2 is 2.06 bits per heavy atom. The van der Waals surface area contributed by atoms with Crippen LogP contribution in [0.15, 0.2) is 4.52 Å². The number of nitrogens with zero attached hydrogens (tertiary/aromatic N) is 4. The molecule has 6 nitrogen and oxygen atoms in total. The Morgan fingerprint density at radius 1 is 1.28 bits per heavy atom. The average Bonchev–Trinajstić information content (AvgIpc) is 2.82. The average molecular weight is 249 g/mol. The minimum Gasteiger partial charge on any atom is -0.339 e. The van der Waals surface area contributed by atoms with E-state index in [0.29, 0.717) is 11.7 Å². The maximum atomic E-state index is 5.05. The lowest BCUT2D eigenvalue weighted by Gasteiger charge is -2.03. The third-order valence-corrected chi connectivity index (χ3v) is 3.05. The molecular weight excluding hydrogens is 230 g/mol.